The molecule has 0 saturated heterocycles. The van der Waals surface area contributed by atoms with E-state index in [-0.39, 0.29) is 12.1 Å². The molecule has 3 heteroatoms. The predicted molar refractivity (Wildman–Crippen MR) is 42.8 cm³/mol. The molecule has 3 nitrogen and oxygen atoms in total. The number of amides is 1. The smallest absolute Gasteiger partial charge is 0.244 e. The maximum absolute atomic E-state index is 10.3. The Labute approximate surface area is 61.2 Å². The Hall–Kier alpha value is -1.09. The van der Waals surface area contributed by atoms with Crippen LogP contribution in [0.25, 0.3) is 0 Å². The molecular weight excluding hydrogens is 128 g/mol. The fraction of sp³-hybridized carbons (Fsp3) is 0.286. The molecule has 0 fully saturated rings. The van der Waals surface area contributed by atoms with Crippen LogP contribution in [0.5, 0.6) is 0 Å². The van der Waals surface area contributed by atoms with Gasteiger partial charge in [-0.15, -0.1) is 6.58 Å². The number of carbonyl (C=O) groups is 1. The average Bonchev–Trinajstić information content (AvgIpc) is 1.82. The Morgan fingerprint density at radius 3 is 2.50 bits per heavy atom. The Kier molecular flexibility index (Phi) is 7.05. The minimum absolute atomic E-state index is 0. The Bertz CT molecular complexity index is 150. The van der Waals surface area contributed by atoms with Gasteiger partial charge in [0.05, 0.1) is 0 Å². The lowest BCUT2D eigenvalue weighted by Crippen LogP contribution is -2.11. The van der Waals surface area contributed by atoms with E-state index >= 15 is 0 Å². The quantitative estimate of drug-likeness (QED) is 0.458. The normalized spacial score (nSPS) is 9.90. The maximum Gasteiger partial charge on any atom is 0.244 e. The van der Waals surface area contributed by atoms with Gasteiger partial charge in [0.2, 0.25) is 5.91 Å². The van der Waals surface area contributed by atoms with Crippen molar-refractivity contribution in [3.8, 4) is 0 Å². The van der Waals surface area contributed by atoms with Gasteiger partial charge in [0.1, 0.15) is 0 Å². The Morgan fingerprint density at radius 1 is 1.70 bits per heavy atom. The first-order valence-corrected chi connectivity index (χ1v) is 2.76. The first-order valence-electron chi connectivity index (χ1n) is 2.76. The van der Waals surface area contributed by atoms with Crippen molar-refractivity contribution in [3.63, 3.8) is 0 Å². The number of rotatable bonds is 3. The Morgan fingerprint density at radius 2 is 2.20 bits per heavy atom. The van der Waals surface area contributed by atoms with Gasteiger partial charge >= 0.3 is 0 Å². The number of hydrogen-bond donors (Lipinski definition) is 2. The molecule has 0 spiro atoms. The molecule has 0 heterocycles. The second-order valence-electron chi connectivity index (χ2n) is 1.78. The summed E-state index contributed by atoms with van der Waals surface area (Å²) in [6.07, 6.45) is 4.16. The van der Waals surface area contributed by atoms with Crippen LogP contribution in [0, 0.1) is 0 Å². The highest BCUT2D eigenvalue weighted by Crippen LogP contribution is 1.92. The van der Waals surface area contributed by atoms with Crippen molar-refractivity contribution in [2.45, 2.75) is 13.3 Å². The summed E-state index contributed by atoms with van der Waals surface area (Å²) < 4.78 is 0. The van der Waals surface area contributed by atoms with Crippen molar-refractivity contribution >= 4 is 5.91 Å². The molecule has 10 heavy (non-hydrogen) atoms. The number of carbonyl (C=O) groups excluding carboxylic acids is 1. The molecule has 0 bridgehead atoms. The first-order chi connectivity index (χ1) is 4.18. The maximum atomic E-state index is 10.3. The third-order valence-corrected chi connectivity index (χ3v) is 0.979. The summed E-state index contributed by atoms with van der Waals surface area (Å²) in [6, 6.07) is 0. The first kappa shape index (κ1) is 11.7. The van der Waals surface area contributed by atoms with E-state index in [0.29, 0.717) is 12.0 Å². The van der Waals surface area contributed by atoms with Crippen LogP contribution in [0.15, 0.2) is 24.3 Å². The molecule has 0 rings (SSSR count). The van der Waals surface area contributed by atoms with Crippen LogP contribution in [-0.2, 0) is 4.79 Å². The van der Waals surface area contributed by atoms with Crippen molar-refractivity contribution in [2.24, 2.45) is 5.73 Å². The van der Waals surface area contributed by atoms with E-state index in [1.165, 1.54) is 0 Å². The van der Waals surface area contributed by atoms with Crippen molar-refractivity contribution in [2.75, 3.05) is 0 Å². The van der Waals surface area contributed by atoms with Crippen LogP contribution in [-0.4, -0.2) is 5.91 Å². The molecule has 0 atom stereocenters. The number of hydrogen-bond acceptors (Lipinski definition) is 2. The van der Waals surface area contributed by atoms with Gasteiger partial charge in [0, 0.05) is 5.57 Å². The number of allylic oxidation sites excluding steroid dienone is 2. The van der Waals surface area contributed by atoms with Gasteiger partial charge in [-0.3, -0.25) is 4.79 Å². The molecule has 0 radical (unpaired) electrons. The van der Waals surface area contributed by atoms with Crippen LogP contribution in [0.4, 0.5) is 0 Å². The van der Waals surface area contributed by atoms with E-state index in [1.807, 2.05) is 0 Å². The van der Waals surface area contributed by atoms with E-state index in [1.54, 1.807) is 19.1 Å². The van der Waals surface area contributed by atoms with Crippen molar-refractivity contribution < 1.29 is 4.79 Å². The van der Waals surface area contributed by atoms with Gasteiger partial charge in [-0.1, -0.05) is 12.2 Å². The van der Waals surface area contributed by atoms with Gasteiger partial charge in [-0.05, 0) is 13.3 Å². The summed E-state index contributed by atoms with van der Waals surface area (Å²) in [7, 11) is 0. The third-order valence-electron chi connectivity index (χ3n) is 0.979. The van der Waals surface area contributed by atoms with E-state index < -0.39 is 0 Å². The molecular formula is C7H14N2O. The van der Waals surface area contributed by atoms with Crippen LogP contribution in [0.3, 0.4) is 0 Å². The molecule has 0 aromatic heterocycles. The zero-order valence-electron chi connectivity index (χ0n) is 6.26. The molecule has 0 unspecified atom stereocenters. The predicted octanol–water partition coefficient (Wildman–Crippen LogP) is 1.16. The van der Waals surface area contributed by atoms with E-state index in [2.05, 4.69) is 6.58 Å². The summed E-state index contributed by atoms with van der Waals surface area (Å²) in [5.74, 6) is -0.364. The number of nitrogens with two attached hydrogens (primary N) is 1. The van der Waals surface area contributed by atoms with Gasteiger partial charge in [-0.25, -0.2) is 0 Å². The van der Waals surface area contributed by atoms with Gasteiger partial charge < -0.3 is 11.9 Å². The Balaban J connectivity index is 0. The minimum Gasteiger partial charge on any atom is -0.366 e. The lowest BCUT2D eigenvalue weighted by atomic mass is 10.2. The molecule has 0 aromatic rings. The highest BCUT2D eigenvalue weighted by atomic mass is 16.1. The molecule has 0 aliphatic heterocycles. The van der Waals surface area contributed by atoms with Crippen LogP contribution >= 0.6 is 0 Å². The summed E-state index contributed by atoms with van der Waals surface area (Å²) in [4.78, 5) is 10.3. The summed E-state index contributed by atoms with van der Waals surface area (Å²) in [6.45, 7) is 5.18. The number of primary amides is 1. The summed E-state index contributed by atoms with van der Waals surface area (Å²) >= 11 is 0. The van der Waals surface area contributed by atoms with Crippen molar-refractivity contribution in [1.29, 1.82) is 0 Å². The fourth-order valence-corrected chi connectivity index (χ4v) is 0.361. The highest BCUT2D eigenvalue weighted by molar-refractivity contribution is 5.91. The van der Waals surface area contributed by atoms with E-state index in [9.17, 15) is 4.79 Å². The molecule has 1 amide bonds. The summed E-state index contributed by atoms with van der Waals surface area (Å²) in [5, 5.41) is 0. The van der Waals surface area contributed by atoms with Crippen LogP contribution < -0.4 is 11.9 Å². The second kappa shape index (κ2) is 6.04. The van der Waals surface area contributed by atoms with Crippen molar-refractivity contribution in [1.82, 2.24) is 6.15 Å². The lowest BCUT2D eigenvalue weighted by Gasteiger charge is -1.89. The zero-order chi connectivity index (χ0) is 7.28. The average molecular weight is 142 g/mol. The molecule has 0 aliphatic carbocycles. The molecule has 0 saturated carbocycles. The van der Waals surface area contributed by atoms with Crippen molar-refractivity contribution in [3.05, 3.63) is 24.3 Å². The molecule has 0 aromatic carbocycles. The van der Waals surface area contributed by atoms with E-state index in [0.717, 1.165) is 0 Å². The summed E-state index contributed by atoms with van der Waals surface area (Å²) in [5.41, 5.74) is 5.53. The third kappa shape index (κ3) is 5.05. The standard InChI is InChI=1S/C7H11NO.H3N/c1-3-4-5-6(2)7(8)9;/h3,5H,1,4H2,2H3,(H2,8,9);1H3. The highest BCUT2D eigenvalue weighted by Gasteiger charge is 1.92. The monoisotopic (exact) mass is 142 g/mol. The lowest BCUT2D eigenvalue weighted by molar-refractivity contribution is -0.114. The largest absolute Gasteiger partial charge is 0.366 e. The SMILES string of the molecule is C=CCC=C(C)C(N)=O.N. The molecule has 5 N–H and O–H groups in total. The molecule has 0 aliphatic rings. The van der Waals surface area contributed by atoms with Gasteiger partial charge in [0.25, 0.3) is 0 Å². The van der Waals surface area contributed by atoms with Gasteiger partial charge in [-0.2, -0.15) is 0 Å². The minimum atomic E-state index is -0.364. The van der Waals surface area contributed by atoms with Crippen LogP contribution in [0.2, 0.25) is 0 Å². The van der Waals surface area contributed by atoms with Crippen LogP contribution in [0.1, 0.15) is 13.3 Å². The van der Waals surface area contributed by atoms with Gasteiger partial charge in [0.15, 0.2) is 0 Å². The second-order valence-corrected chi connectivity index (χ2v) is 1.78. The fourth-order valence-electron chi connectivity index (χ4n) is 0.361. The molecule has 58 valence electrons. The van der Waals surface area contributed by atoms with E-state index in [4.69, 9.17) is 5.73 Å². The topological polar surface area (TPSA) is 78.1 Å². The zero-order valence-corrected chi connectivity index (χ0v) is 6.26.